The first kappa shape index (κ1) is 16.2. The average molecular weight is 327 g/mol. The lowest BCUT2D eigenvalue weighted by molar-refractivity contribution is 0.0623. The van der Waals surface area contributed by atoms with Crippen molar-refractivity contribution in [2.45, 2.75) is 32.2 Å². The van der Waals surface area contributed by atoms with Crippen molar-refractivity contribution in [1.29, 1.82) is 0 Å². The third-order valence-corrected chi connectivity index (χ3v) is 4.38. The minimum Gasteiger partial charge on any atom is -0.494 e. The first-order valence-electron chi connectivity index (χ1n) is 8.16. The average Bonchev–Trinajstić information content (AvgIpc) is 2.62. The van der Waals surface area contributed by atoms with Crippen LogP contribution in [-0.2, 0) is 0 Å². The monoisotopic (exact) mass is 327 g/mol. The van der Waals surface area contributed by atoms with Gasteiger partial charge in [0.25, 0.3) is 11.5 Å². The van der Waals surface area contributed by atoms with E-state index in [2.05, 4.69) is 5.10 Å². The van der Waals surface area contributed by atoms with Crippen molar-refractivity contribution in [3.8, 4) is 11.4 Å². The van der Waals surface area contributed by atoms with E-state index in [4.69, 9.17) is 4.74 Å². The highest BCUT2D eigenvalue weighted by Crippen LogP contribution is 2.22. The highest BCUT2D eigenvalue weighted by molar-refractivity contribution is 5.95. The molecule has 0 unspecified atom stereocenters. The molecule has 1 aliphatic rings. The summed E-state index contributed by atoms with van der Waals surface area (Å²) in [6.07, 6.45) is 3.09. The zero-order valence-electron chi connectivity index (χ0n) is 13.9. The maximum absolute atomic E-state index is 13.0. The summed E-state index contributed by atoms with van der Waals surface area (Å²) < 4.78 is 6.48. The molecule has 2 aromatic rings. The number of piperidine rings is 1. The number of methoxy groups -OCH3 is 1. The van der Waals surface area contributed by atoms with E-state index in [1.807, 2.05) is 30.0 Å². The van der Waals surface area contributed by atoms with Gasteiger partial charge in [-0.3, -0.25) is 9.59 Å². The van der Waals surface area contributed by atoms with Gasteiger partial charge >= 0.3 is 0 Å². The zero-order chi connectivity index (χ0) is 17.1. The first-order chi connectivity index (χ1) is 11.6. The molecular weight excluding hydrogens is 306 g/mol. The lowest BCUT2D eigenvalue weighted by Crippen LogP contribution is -2.43. The fourth-order valence-electron chi connectivity index (χ4n) is 3.03. The van der Waals surface area contributed by atoms with Crippen LogP contribution in [0.25, 0.3) is 5.69 Å². The number of rotatable bonds is 3. The van der Waals surface area contributed by atoms with E-state index >= 15 is 0 Å². The van der Waals surface area contributed by atoms with E-state index in [9.17, 15) is 9.59 Å². The second kappa shape index (κ2) is 6.86. The molecule has 6 heteroatoms. The maximum Gasteiger partial charge on any atom is 0.278 e. The molecule has 1 amide bonds. The Morgan fingerprint density at radius 3 is 2.67 bits per heavy atom. The second-order valence-corrected chi connectivity index (χ2v) is 5.99. The van der Waals surface area contributed by atoms with E-state index in [0.717, 1.165) is 19.3 Å². The Hall–Kier alpha value is -2.63. The smallest absolute Gasteiger partial charge is 0.278 e. The number of para-hydroxylation sites is 1. The fourth-order valence-corrected chi connectivity index (χ4v) is 3.03. The molecule has 0 N–H and O–H groups in total. The number of carbonyl (C=O) groups excluding carboxylic acids is 1. The minimum atomic E-state index is -0.332. The van der Waals surface area contributed by atoms with Gasteiger partial charge in [0.2, 0.25) is 0 Å². The largest absolute Gasteiger partial charge is 0.494 e. The van der Waals surface area contributed by atoms with E-state index in [-0.39, 0.29) is 29.0 Å². The van der Waals surface area contributed by atoms with Crippen molar-refractivity contribution >= 4 is 5.91 Å². The van der Waals surface area contributed by atoms with Gasteiger partial charge in [-0.2, -0.15) is 9.78 Å². The Bertz CT molecular complexity index is 786. The molecule has 0 bridgehead atoms. The summed E-state index contributed by atoms with van der Waals surface area (Å²) in [5, 5.41) is 4.31. The number of amides is 1. The summed E-state index contributed by atoms with van der Waals surface area (Å²) in [5.74, 6) is 0.0266. The topological polar surface area (TPSA) is 64.4 Å². The molecule has 3 rings (SSSR count). The van der Waals surface area contributed by atoms with E-state index in [1.54, 1.807) is 12.1 Å². The third-order valence-electron chi connectivity index (χ3n) is 4.38. The van der Waals surface area contributed by atoms with Gasteiger partial charge in [-0.05, 0) is 38.3 Å². The number of hydrogen-bond donors (Lipinski definition) is 0. The van der Waals surface area contributed by atoms with Gasteiger partial charge in [0.15, 0.2) is 11.4 Å². The van der Waals surface area contributed by atoms with E-state index in [0.29, 0.717) is 12.2 Å². The molecule has 1 atom stereocenters. The fraction of sp³-hybridized carbons (Fsp3) is 0.389. The Kier molecular flexibility index (Phi) is 4.64. The molecule has 1 aliphatic heterocycles. The van der Waals surface area contributed by atoms with Crippen molar-refractivity contribution in [2.24, 2.45) is 0 Å². The van der Waals surface area contributed by atoms with Gasteiger partial charge in [-0.25, -0.2) is 0 Å². The van der Waals surface area contributed by atoms with E-state index in [1.165, 1.54) is 17.9 Å². The quantitative estimate of drug-likeness (QED) is 0.867. The molecule has 1 fully saturated rings. The van der Waals surface area contributed by atoms with Gasteiger partial charge in [0.1, 0.15) is 0 Å². The van der Waals surface area contributed by atoms with Crippen LogP contribution in [0.5, 0.6) is 5.75 Å². The molecule has 0 spiro atoms. The molecular formula is C18H21N3O3. The van der Waals surface area contributed by atoms with Crippen LogP contribution in [-0.4, -0.2) is 40.3 Å². The summed E-state index contributed by atoms with van der Waals surface area (Å²) in [6.45, 7) is 2.74. The number of benzene rings is 1. The molecule has 1 aromatic heterocycles. The SMILES string of the molecule is COc1cc(=O)n(-c2ccccc2)nc1C(=O)N1CCCC[C@H]1C. The van der Waals surface area contributed by atoms with Crippen LogP contribution in [0, 0.1) is 0 Å². The summed E-state index contributed by atoms with van der Waals surface area (Å²) >= 11 is 0. The summed E-state index contributed by atoms with van der Waals surface area (Å²) in [7, 11) is 1.44. The highest BCUT2D eigenvalue weighted by atomic mass is 16.5. The number of hydrogen-bond acceptors (Lipinski definition) is 4. The van der Waals surface area contributed by atoms with Crippen LogP contribution in [0.3, 0.4) is 0 Å². The predicted octanol–water partition coefficient (Wildman–Crippen LogP) is 2.26. The molecule has 126 valence electrons. The molecule has 0 radical (unpaired) electrons. The molecule has 2 heterocycles. The second-order valence-electron chi connectivity index (χ2n) is 5.99. The summed E-state index contributed by atoms with van der Waals surface area (Å²) in [4.78, 5) is 27.1. The van der Waals surface area contributed by atoms with Crippen LogP contribution in [0.1, 0.15) is 36.7 Å². The third kappa shape index (κ3) is 3.04. The number of ether oxygens (including phenoxy) is 1. The number of nitrogens with zero attached hydrogens (tertiary/aromatic N) is 3. The summed E-state index contributed by atoms with van der Waals surface area (Å²) in [6, 6.07) is 10.5. The Balaban J connectivity index is 2.06. The van der Waals surface area contributed by atoms with Crippen molar-refractivity contribution in [3.05, 3.63) is 52.4 Å². The van der Waals surface area contributed by atoms with Crippen LogP contribution in [0.15, 0.2) is 41.2 Å². The normalized spacial score (nSPS) is 17.6. The van der Waals surface area contributed by atoms with E-state index < -0.39 is 0 Å². The van der Waals surface area contributed by atoms with Gasteiger partial charge < -0.3 is 9.64 Å². The highest BCUT2D eigenvalue weighted by Gasteiger charge is 2.28. The zero-order valence-corrected chi connectivity index (χ0v) is 13.9. The van der Waals surface area contributed by atoms with Crippen LogP contribution >= 0.6 is 0 Å². The minimum absolute atomic E-state index is 0.162. The molecule has 24 heavy (non-hydrogen) atoms. The number of aromatic nitrogens is 2. The molecule has 1 aromatic carbocycles. The summed E-state index contributed by atoms with van der Waals surface area (Å²) in [5.41, 5.74) is 0.460. The van der Waals surface area contributed by atoms with Crippen molar-refractivity contribution in [3.63, 3.8) is 0 Å². The van der Waals surface area contributed by atoms with Gasteiger partial charge in [-0.1, -0.05) is 18.2 Å². The lowest BCUT2D eigenvalue weighted by atomic mass is 10.0. The molecule has 6 nitrogen and oxygen atoms in total. The lowest BCUT2D eigenvalue weighted by Gasteiger charge is -2.33. The van der Waals surface area contributed by atoms with Gasteiger partial charge in [-0.15, -0.1) is 0 Å². The standard InChI is InChI=1S/C18H21N3O3/c1-13-8-6-7-11-20(13)18(23)17-15(24-2)12-16(22)21(19-17)14-9-4-3-5-10-14/h3-5,9-10,12-13H,6-8,11H2,1-2H3/t13-/m1/s1. The Morgan fingerprint density at radius 2 is 2.00 bits per heavy atom. The van der Waals surface area contributed by atoms with Crippen LogP contribution < -0.4 is 10.3 Å². The predicted molar refractivity (Wildman–Crippen MR) is 90.7 cm³/mol. The van der Waals surface area contributed by atoms with Crippen LogP contribution in [0.2, 0.25) is 0 Å². The van der Waals surface area contributed by atoms with Crippen LogP contribution in [0.4, 0.5) is 0 Å². The van der Waals surface area contributed by atoms with Crippen molar-refractivity contribution in [1.82, 2.24) is 14.7 Å². The number of likely N-dealkylation sites (tertiary alicyclic amines) is 1. The first-order valence-corrected chi connectivity index (χ1v) is 8.16. The molecule has 0 saturated carbocycles. The number of carbonyl (C=O) groups is 1. The Morgan fingerprint density at radius 1 is 1.25 bits per heavy atom. The van der Waals surface area contributed by atoms with Crippen molar-refractivity contribution < 1.29 is 9.53 Å². The molecule has 1 saturated heterocycles. The Labute approximate surface area is 140 Å². The molecule has 0 aliphatic carbocycles. The maximum atomic E-state index is 13.0. The van der Waals surface area contributed by atoms with Crippen molar-refractivity contribution in [2.75, 3.05) is 13.7 Å². The van der Waals surface area contributed by atoms with Gasteiger partial charge in [0, 0.05) is 12.6 Å². The van der Waals surface area contributed by atoms with Gasteiger partial charge in [0.05, 0.1) is 18.9 Å².